The molecule has 0 saturated carbocycles. The van der Waals surface area contributed by atoms with E-state index in [1.54, 1.807) is 11.0 Å². The summed E-state index contributed by atoms with van der Waals surface area (Å²) in [5, 5.41) is 12.2. The number of nitrogens with zero attached hydrogens (tertiary/aromatic N) is 5. The van der Waals surface area contributed by atoms with Crippen molar-refractivity contribution in [1.29, 1.82) is 0 Å². The van der Waals surface area contributed by atoms with Crippen LogP contribution in [0.4, 0.5) is 0 Å². The molecule has 1 aliphatic rings. The zero-order valence-corrected chi connectivity index (χ0v) is 16.3. The minimum atomic E-state index is 0.538. The summed E-state index contributed by atoms with van der Waals surface area (Å²) >= 11 is 5.29. The van der Waals surface area contributed by atoms with Crippen LogP contribution in [-0.4, -0.2) is 69.9 Å². The van der Waals surface area contributed by atoms with Gasteiger partial charge in [0.25, 0.3) is 0 Å². The number of morpholine rings is 1. The average molecular weight is 388 g/mol. The first kappa shape index (κ1) is 19.4. The number of hydrazone groups is 1. The van der Waals surface area contributed by atoms with Crippen LogP contribution < -0.4 is 10.7 Å². The van der Waals surface area contributed by atoms with E-state index in [-0.39, 0.29) is 0 Å². The highest BCUT2D eigenvalue weighted by atomic mass is 32.1. The number of ether oxygens (including phenoxy) is 1. The molecule has 2 N–H and O–H groups in total. The fourth-order valence-electron chi connectivity index (χ4n) is 2.76. The second-order valence-electron chi connectivity index (χ2n) is 6.26. The van der Waals surface area contributed by atoms with Crippen molar-refractivity contribution < 1.29 is 4.74 Å². The van der Waals surface area contributed by atoms with E-state index < -0.39 is 0 Å². The largest absolute Gasteiger partial charge is 0.379 e. The third kappa shape index (κ3) is 6.09. The summed E-state index contributed by atoms with van der Waals surface area (Å²) in [5.74, 6) is 0. The number of benzene rings is 1. The molecule has 3 rings (SSSR count). The topological polar surface area (TPSA) is 79.6 Å². The van der Waals surface area contributed by atoms with Crippen LogP contribution in [0.3, 0.4) is 0 Å². The molecule has 0 aliphatic carbocycles. The van der Waals surface area contributed by atoms with E-state index in [2.05, 4.69) is 30.8 Å². The molecule has 0 atom stereocenters. The van der Waals surface area contributed by atoms with Gasteiger partial charge in [0.2, 0.25) is 0 Å². The summed E-state index contributed by atoms with van der Waals surface area (Å²) in [6.45, 7) is 7.52. The van der Waals surface area contributed by atoms with E-state index in [0.717, 1.165) is 62.8 Å². The smallest absolute Gasteiger partial charge is 0.186 e. The number of rotatable bonds is 7. The molecule has 144 valence electrons. The van der Waals surface area contributed by atoms with Gasteiger partial charge in [-0.15, -0.1) is 0 Å². The molecule has 1 saturated heterocycles. The van der Waals surface area contributed by atoms with Crippen molar-refractivity contribution in [1.82, 2.24) is 30.4 Å². The van der Waals surface area contributed by atoms with Crippen molar-refractivity contribution in [3.63, 3.8) is 0 Å². The molecule has 1 aliphatic heterocycles. The van der Waals surface area contributed by atoms with Gasteiger partial charge in [0.15, 0.2) is 5.11 Å². The summed E-state index contributed by atoms with van der Waals surface area (Å²) < 4.78 is 7.06. The van der Waals surface area contributed by atoms with Gasteiger partial charge in [0.1, 0.15) is 12.7 Å². The molecule has 1 aromatic heterocycles. The van der Waals surface area contributed by atoms with Crippen LogP contribution in [0.1, 0.15) is 18.9 Å². The van der Waals surface area contributed by atoms with Gasteiger partial charge >= 0.3 is 0 Å². The van der Waals surface area contributed by atoms with Gasteiger partial charge < -0.3 is 10.1 Å². The van der Waals surface area contributed by atoms with Crippen molar-refractivity contribution in [2.24, 2.45) is 5.10 Å². The lowest BCUT2D eigenvalue weighted by atomic mass is 10.1. The second-order valence-corrected chi connectivity index (χ2v) is 6.67. The van der Waals surface area contributed by atoms with Crippen molar-refractivity contribution in [3.8, 4) is 5.69 Å². The van der Waals surface area contributed by atoms with Gasteiger partial charge in [-0.05, 0) is 49.8 Å². The molecule has 2 heterocycles. The third-order valence-corrected chi connectivity index (χ3v) is 4.57. The van der Waals surface area contributed by atoms with Crippen LogP contribution in [0, 0.1) is 0 Å². The molecule has 27 heavy (non-hydrogen) atoms. The fourth-order valence-corrected chi connectivity index (χ4v) is 2.91. The third-order valence-electron chi connectivity index (χ3n) is 4.33. The lowest BCUT2D eigenvalue weighted by Gasteiger charge is -2.26. The molecule has 2 aromatic rings. The molecule has 9 heteroatoms. The SMILES string of the molecule is C/C(=N/NC(=S)NCCCN1CCOCC1)c1ccc(-n2cncn2)cc1. The van der Waals surface area contributed by atoms with Gasteiger partial charge in [0.05, 0.1) is 24.6 Å². The van der Waals surface area contributed by atoms with Crippen molar-refractivity contribution in [2.45, 2.75) is 13.3 Å². The highest BCUT2D eigenvalue weighted by Crippen LogP contribution is 2.08. The molecule has 0 spiro atoms. The Balaban J connectivity index is 1.39. The van der Waals surface area contributed by atoms with E-state index >= 15 is 0 Å². The zero-order chi connectivity index (χ0) is 18.9. The van der Waals surface area contributed by atoms with Gasteiger partial charge in [-0.2, -0.15) is 10.2 Å². The van der Waals surface area contributed by atoms with Crippen LogP contribution in [0.2, 0.25) is 0 Å². The van der Waals surface area contributed by atoms with Crippen molar-refractivity contribution in [3.05, 3.63) is 42.5 Å². The van der Waals surface area contributed by atoms with E-state index in [1.807, 2.05) is 31.2 Å². The average Bonchev–Trinajstić information content (AvgIpc) is 3.25. The Bertz CT molecular complexity index is 740. The molecule has 0 bridgehead atoms. The maximum atomic E-state index is 5.35. The van der Waals surface area contributed by atoms with Crippen molar-refractivity contribution in [2.75, 3.05) is 39.4 Å². The van der Waals surface area contributed by atoms with E-state index in [1.165, 1.54) is 6.33 Å². The predicted octanol–water partition coefficient (Wildman–Crippen LogP) is 1.18. The van der Waals surface area contributed by atoms with E-state index in [0.29, 0.717) is 5.11 Å². The Hall–Kier alpha value is -2.36. The second kappa shape index (κ2) is 10.1. The monoisotopic (exact) mass is 387 g/mol. The minimum Gasteiger partial charge on any atom is -0.379 e. The Morgan fingerprint density at radius 3 is 2.74 bits per heavy atom. The van der Waals surface area contributed by atoms with Gasteiger partial charge in [0, 0.05) is 19.6 Å². The van der Waals surface area contributed by atoms with Crippen LogP contribution in [0.15, 0.2) is 42.0 Å². The highest BCUT2D eigenvalue weighted by Gasteiger charge is 2.09. The molecule has 0 radical (unpaired) electrons. The van der Waals surface area contributed by atoms with E-state index in [9.17, 15) is 0 Å². The molecule has 8 nitrogen and oxygen atoms in total. The summed E-state index contributed by atoms with van der Waals surface area (Å²) in [4.78, 5) is 6.36. The summed E-state index contributed by atoms with van der Waals surface area (Å²) in [7, 11) is 0. The zero-order valence-electron chi connectivity index (χ0n) is 15.5. The summed E-state index contributed by atoms with van der Waals surface area (Å²) in [6.07, 6.45) is 4.22. The maximum Gasteiger partial charge on any atom is 0.186 e. The maximum absolute atomic E-state index is 5.35. The van der Waals surface area contributed by atoms with Crippen LogP contribution in [0.5, 0.6) is 0 Å². The van der Waals surface area contributed by atoms with E-state index in [4.69, 9.17) is 17.0 Å². The standard InChI is InChI=1S/C18H25N7OS/c1-15(16-3-5-17(6-4-16)25-14-19-13-21-25)22-23-18(27)20-7-2-8-24-9-11-26-12-10-24/h3-6,13-14H,2,7-12H2,1H3,(H2,20,23,27)/b22-15-. The lowest BCUT2D eigenvalue weighted by Crippen LogP contribution is -2.39. The van der Waals surface area contributed by atoms with Crippen molar-refractivity contribution >= 4 is 23.0 Å². The Kier molecular flexibility index (Phi) is 7.26. The Labute approximate surface area is 164 Å². The number of thiocarbonyl (C=S) groups is 1. The van der Waals surface area contributed by atoms with Crippen LogP contribution in [0.25, 0.3) is 5.69 Å². The summed E-state index contributed by atoms with van der Waals surface area (Å²) in [5.41, 5.74) is 5.74. The number of nitrogens with one attached hydrogen (secondary N) is 2. The number of hydrogen-bond donors (Lipinski definition) is 2. The Morgan fingerprint density at radius 2 is 2.04 bits per heavy atom. The van der Waals surface area contributed by atoms with Gasteiger partial charge in [-0.3, -0.25) is 10.3 Å². The molecule has 0 amide bonds. The summed E-state index contributed by atoms with van der Waals surface area (Å²) in [6, 6.07) is 7.95. The van der Waals surface area contributed by atoms with Crippen LogP contribution in [-0.2, 0) is 4.74 Å². The predicted molar refractivity (Wildman–Crippen MR) is 109 cm³/mol. The molecular weight excluding hydrogens is 362 g/mol. The number of aromatic nitrogens is 3. The van der Waals surface area contributed by atoms with Crippen LogP contribution >= 0.6 is 12.2 Å². The van der Waals surface area contributed by atoms with Gasteiger partial charge in [-0.1, -0.05) is 12.1 Å². The number of hydrogen-bond acceptors (Lipinski definition) is 6. The first-order valence-electron chi connectivity index (χ1n) is 9.06. The lowest BCUT2D eigenvalue weighted by molar-refractivity contribution is 0.0376. The molecule has 1 aromatic carbocycles. The minimum absolute atomic E-state index is 0.538. The molecular formula is C18H25N7OS. The molecule has 0 unspecified atom stereocenters. The fraction of sp³-hybridized carbons (Fsp3) is 0.444. The first-order chi connectivity index (χ1) is 13.2. The molecule has 1 fully saturated rings. The van der Waals surface area contributed by atoms with Gasteiger partial charge in [-0.25, -0.2) is 9.67 Å². The quantitative estimate of drug-likeness (QED) is 0.320. The first-order valence-corrected chi connectivity index (χ1v) is 9.47. The Morgan fingerprint density at radius 1 is 1.26 bits per heavy atom. The highest BCUT2D eigenvalue weighted by molar-refractivity contribution is 7.80. The normalized spacial score (nSPS) is 15.5.